The fraction of sp³-hybridized carbons (Fsp3) is 0.650. The molecule has 0 aromatic heterocycles. The Morgan fingerprint density at radius 2 is 1.88 bits per heavy atom. The van der Waals surface area contributed by atoms with Crippen LogP contribution in [0.4, 0.5) is 0 Å². The summed E-state index contributed by atoms with van der Waals surface area (Å²) in [6, 6.07) is 5.87. The smallest absolute Gasteiger partial charge is 0.191 e. The van der Waals surface area contributed by atoms with Crippen LogP contribution < -0.4 is 20.1 Å². The van der Waals surface area contributed by atoms with Gasteiger partial charge in [0.15, 0.2) is 17.5 Å². The molecule has 1 aromatic carbocycles. The lowest BCUT2D eigenvalue weighted by Gasteiger charge is -2.13. The summed E-state index contributed by atoms with van der Waals surface area (Å²) in [6.07, 6.45) is 6.55. The van der Waals surface area contributed by atoms with Gasteiger partial charge in [-0.05, 0) is 43.9 Å². The Morgan fingerprint density at radius 3 is 2.58 bits per heavy atom. The van der Waals surface area contributed by atoms with E-state index in [1.54, 1.807) is 14.2 Å². The van der Waals surface area contributed by atoms with E-state index in [1.807, 2.05) is 18.2 Å². The molecule has 0 aliphatic heterocycles. The Hall–Kier alpha value is -1.95. The number of rotatable bonds is 10. The van der Waals surface area contributed by atoms with Crippen LogP contribution in [-0.2, 0) is 11.3 Å². The molecule has 6 nitrogen and oxygen atoms in total. The van der Waals surface area contributed by atoms with Crippen molar-refractivity contribution in [2.75, 3.05) is 33.9 Å². The molecular formula is C20H33N3O3. The van der Waals surface area contributed by atoms with Gasteiger partial charge in [0.1, 0.15) is 0 Å². The number of hydrogen-bond acceptors (Lipinski definition) is 4. The van der Waals surface area contributed by atoms with Gasteiger partial charge in [0.05, 0.1) is 26.9 Å². The molecule has 146 valence electrons. The van der Waals surface area contributed by atoms with Gasteiger partial charge >= 0.3 is 0 Å². The highest BCUT2D eigenvalue weighted by molar-refractivity contribution is 5.79. The summed E-state index contributed by atoms with van der Waals surface area (Å²) in [6.45, 7) is 5.14. The molecule has 1 aliphatic carbocycles. The predicted octanol–water partition coefficient (Wildman–Crippen LogP) is 3.11. The van der Waals surface area contributed by atoms with Crippen molar-refractivity contribution in [2.45, 2.75) is 51.7 Å². The van der Waals surface area contributed by atoms with E-state index < -0.39 is 0 Å². The van der Waals surface area contributed by atoms with Crippen LogP contribution in [0.15, 0.2) is 23.2 Å². The van der Waals surface area contributed by atoms with Gasteiger partial charge in [-0.3, -0.25) is 0 Å². The average Bonchev–Trinajstić information content (AvgIpc) is 3.19. The van der Waals surface area contributed by atoms with Gasteiger partial charge in [-0.2, -0.15) is 0 Å². The molecule has 0 spiro atoms. The molecule has 1 saturated carbocycles. The second kappa shape index (κ2) is 11.6. The highest BCUT2D eigenvalue weighted by Gasteiger charge is 2.14. The lowest BCUT2D eigenvalue weighted by atomic mass is 10.2. The van der Waals surface area contributed by atoms with Crippen LogP contribution in [0.2, 0.25) is 0 Å². The molecule has 26 heavy (non-hydrogen) atoms. The third kappa shape index (κ3) is 6.75. The van der Waals surface area contributed by atoms with Crippen LogP contribution in [0.5, 0.6) is 11.5 Å². The molecule has 0 heterocycles. The number of ether oxygens (including phenoxy) is 3. The van der Waals surface area contributed by atoms with E-state index in [4.69, 9.17) is 14.2 Å². The normalized spacial score (nSPS) is 15.1. The van der Waals surface area contributed by atoms with Crippen LogP contribution >= 0.6 is 0 Å². The second-order valence-corrected chi connectivity index (χ2v) is 6.44. The molecule has 2 N–H and O–H groups in total. The molecule has 2 rings (SSSR count). The minimum Gasteiger partial charge on any atom is -0.493 e. The van der Waals surface area contributed by atoms with Crippen molar-refractivity contribution in [3.63, 3.8) is 0 Å². The van der Waals surface area contributed by atoms with E-state index in [2.05, 4.69) is 22.5 Å². The number of nitrogens with one attached hydrogen (secondary N) is 2. The molecule has 1 fully saturated rings. The number of methoxy groups -OCH3 is 2. The van der Waals surface area contributed by atoms with Gasteiger partial charge < -0.3 is 24.8 Å². The van der Waals surface area contributed by atoms with Crippen molar-refractivity contribution in [2.24, 2.45) is 4.99 Å². The van der Waals surface area contributed by atoms with Gasteiger partial charge in [0.2, 0.25) is 0 Å². The van der Waals surface area contributed by atoms with Gasteiger partial charge in [0, 0.05) is 19.7 Å². The number of hydrogen-bond donors (Lipinski definition) is 2. The van der Waals surface area contributed by atoms with E-state index in [9.17, 15) is 0 Å². The second-order valence-electron chi connectivity index (χ2n) is 6.44. The van der Waals surface area contributed by atoms with Crippen LogP contribution in [0.25, 0.3) is 0 Å². The predicted molar refractivity (Wildman–Crippen MR) is 105 cm³/mol. The van der Waals surface area contributed by atoms with Crippen molar-refractivity contribution in [1.29, 1.82) is 0 Å². The van der Waals surface area contributed by atoms with Gasteiger partial charge in [0.25, 0.3) is 0 Å². The van der Waals surface area contributed by atoms with Crippen molar-refractivity contribution in [1.82, 2.24) is 10.6 Å². The fourth-order valence-electron chi connectivity index (χ4n) is 3.08. The third-order valence-electron chi connectivity index (χ3n) is 4.48. The van der Waals surface area contributed by atoms with Crippen LogP contribution in [-0.4, -0.2) is 46.0 Å². The van der Waals surface area contributed by atoms with E-state index in [0.717, 1.165) is 49.1 Å². The molecule has 0 atom stereocenters. The third-order valence-corrected chi connectivity index (χ3v) is 4.48. The molecule has 1 aromatic rings. The molecule has 0 unspecified atom stereocenters. The molecule has 0 saturated heterocycles. The minimum atomic E-state index is 0.488. The summed E-state index contributed by atoms with van der Waals surface area (Å²) in [5, 5.41) is 6.65. The SMILES string of the molecule is CCNC(=NCc1ccc(OC)c(OC)c1)NCCCOC1CCCC1. The maximum Gasteiger partial charge on any atom is 0.191 e. The van der Waals surface area contributed by atoms with E-state index in [0.29, 0.717) is 12.6 Å². The van der Waals surface area contributed by atoms with Crippen LogP contribution in [0, 0.1) is 0 Å². The molecule has 0 bridgehead atoms. The maximum atomic E-state index is 5.90. The van der Waals surface area contributed by atoms with E-state index in [-0.39, 0.29) is 0 Å². The quantitative estimate of drug-likeness (QED) is 0.380. The first-order chi connectivity index (χ1) is 12.8. The molecule has 0 radical (unpaired) electrons. The van der Waals surface area contributed by atoms with Crippen LogP contribution in [0.1, 0.15) is 44.6 Å². The first-order valence-corrected chi connectivity index (χ1v) is 9.61. The van der Waals surface area contributed by atoms with Crippen molar-refractivity contribution in [3.8, 4) is 11.5 Å². The summed E-state index contributed by atoms with van der Waals surface area (Å²) in [4.78, 5) is 4.65. The summed E-state index contributed by atoms with van der Waals surface area (Å²) in [5.74, 6) is 2.28. The zero-order valence-electron chi connectivity index (χ0n) is 16.3. The van der Waals surface area contributed by atoms with E-state index in [1.165, 1.54) is 25.7 Å². The minimum absolute atomic E-state index is 0.488. The standard InChI is InChI=1S/C20H33N3O3/c1-4-21-20(22-12-7-13-26-17-8-5-6-9-17)23-15-16-10-11-18(24-2)19(14-16)25-3/h10-11,14,17H,4-9,12-13,15H2,1-3H3,(H2,21,22,23). The summed E-state index contributed by atoms with van der Waals surface area (Å²) >= 11 is 0. The first-order valence-electron chi connectivity index (χ1n) is 9.61. The zero-order valence-corrected chi connectivity index (χ0v) is 16.3. The Balaban J connectivity index is 1.78. The maximum absolute atomic E-state index is 5.90. The molecular weight excluding hydrogens is 330 g/mol. The highest BCUT2D eigenvalue weighted by Crippen LogP contribution is 2.27. The first kappa shape index (κ1) is 20.4. The number of nitrogens with zero attached hydrogens (tertiary/aromatic N) is 1. The lowest BCUT2D eigenvalue weighted by Crippen LogP contribution is -2.38. The highest BCUT2D eigenvalue weighted by atomic mass is 16.5. The summed E-state index contributed by atoms with van der Waals surface area (Å²) < 4.78 is 16.5. The largest absolute Gasteiger partial charge is 0.493 e. The number of benzene rings is 1. The average molecular weight is 364 g/mol. The van der Waals surface area contributed by atoms with Gasteiger partial charge in [-0.25, -0.2) is 4.99 Å². The fourth-order valence-corrected chi connectivity index (χ4v) is 3.08. The van der Waals surface area contributed by atoms with Gasteiger partial charge in [-0.1, -0.05) is 18.9 Å². The van der Waals surface area contributed by atoms with Crippen molar-refractivity contribution < 1.29 is 14.2 Å². The topological polar surface area (TPSA) is 64.1 Å². The Kier molecular flexibility index (Phi) is 9.10. The van der Waals surface area contributed by atoms with Gasteiger partial charge in [-0.15, -0.1) is 0 Å². The lowest BCUT2D eigenvalue weighted by molar-refractivity contribution is 0.0574. The molecule has 6 heteroatoms. The van der Waals surface area contributed by atoms with Crippen LogP contribution in [0.3, 0.4) is 0 Å². The van der Waals surface area contributed by atoms with Crippen molar-refractivity contribution in [3.05, 3.63) is 23.8 Å². The summed E-state index contributed by atoms with van der Waals surface area (Å²) in [5.41, 5.74) is 1.07. The van der Waals surface area contributed by atoms with E-state index >= 15 is 0 Å². The Morgan fingerprint density at radius 1 is 1.12 bits per heavy atom. The molecule has 0 amide bonds. The molecule has 1 aliphatic rings. The number of guanidine groups is 1. The Labute approximate surface area is 157 Å². The Bertz CT molecular complexity index is 557. The van der Waals surface area contributed by atoms with Crippen molar-refractivity contribution >= 4 is 5.96 Å². The summed E-state index contributed by atoms with van der Waals surface area (Å²) in [7, 11) is 3.28. The zero-order chi connectivity index (χ0) is 18.6. The monoisotopic (exact) mass is 363 g/mol. The number of aliphatic imine (C=N–C) groups is 1.